The van der Waals surface area contributed by atoms with Gasteiger partial charge in [0.25, 0.3) is 0 Å². The molecule has 0 saturated heterocycles. The second-order valence-corrected chi connectivity index (χ2v) is 6.55. The van der Waals surface area contributed by atoms with Gasteiger partial charge < -0.3 is 10.4 Å². The third-order valence-corrected chi connectivity index (χ3v) is 4.22. The van der Waals surface area contributed by atoms with Crippen molar-refractivity contribution in [3.63, 3.8) is 0 Å². The van der Waals surface area contributed by atoms with Crippen LogP contribution in [0, 0.1) is 6.92 Å². The highest BCUT2D eigenvalue weighted by atomic mass is 35.5. The van der Waals surface area contributed by atoms with Gasteiger partial charge in [-0.1, -0.05) is 30.5 Å². The van der Waals surface area contributed by atoms with Gasteiger partial charge in [-0.3, -0.25) is 9.69 Å². The molecule has 0 atom stereocenters. The maximum Gasteiger partial charge on any atom is 0.238 e. The molecule has 116 valence electrons. The van der Waals surface area contributed by atoms with Crippen LogP contribution >= 0.6 is 11.6 Å². The highest BCUT2D eigenvalue weighted by Crippen LogP contribution is 2.29. The highest BCUT2D eigenvalue weighted by Gasteiger charge is 2.32. The molecule has 1 saturated carbocycles. The van der Waals surface area contributed by atoms with E-state index >= 15 is 0 Å². The lowest BCUT2D eigenvalue weighted by Crippen LogP contribution is -2.42. The summed E-state index contributed by atoms with van der Waals surface area (Å²) in [5.41, 5.74) is 1.09. The number of benzene rings is 1. The van der Waals surface area contributed by atoms with E-state index in [0.29, 0.717) is 11.6 Å². The minimum atomic E-state index is -0.624. The molecular weight excluding hydrogens is 288 g/mol. The molecule has 1 fully saturated rings. The van der Waals surface area contributed by atoms with Gasteiger partial charge in [0.2, 0.25) is 5.91 Å². The molecule has 21 heavy (non-hydrogen) atoms. The fourth-order valence-corrected chi connectivity index (χ4v) is 3.09. The van der Waals surface area contributed by atoms with E-state index in [9.17, 15) is 9.90 Å². The number of hydrogen-bond donors (Lipinski definition) is 2. The molecule has 1 aliphatic rings. The molecule has 0 bridgehead atoms. The number of nitrogens with one attached hydrogen (secondary N) is 1. The van der Waals surface area contributed by atoms with Crippen LogP contribution in [0.25, 0.3) is 0 Å². The Morgan fingerprint density at radius 1 is 1.43 bits per heavy atom. The predicted molar refractivity (Wildman–Crippen MR) is 85.7 cm³/mol. The molecule has 2 N–H and O–H groups in total. The van der Waals surface area contributed by atoms with Gasteiger partial charge in [-0.25, -0.2) is 0 Å². The summed E-state index contributed by atoms with van der Waals surface area (Å²) in [5, 5.41) is 13.8. The van der Waals surface area contributed by atoms with Crippen LogP contribution in [0.4, 0.5) is 5.69 Å². The van der Waals surface area contributed by atoms with Gasteiger partial charge in [0.15, 0.2) is 0 Å². The molecule has 1 aromatic rings. The number of carbonyl (C=O) groups excluding carboxylic acids is 1. The quantitative estimate of drug-likeness (QED) is 0.879. The maximum absolute atomic E-state index is 12.1. The lowest BCUT2D eigenvalue weighted by atomic mass is 10.0. The van der Waals surface area contributed by atoms with Crippen molar-refractivity contribution < 1.29 is 9.90 Å². The minimum absolute atomic E-state index is 0.0931. The third-order valence-electron chi connectivity index (χ3n) is 3.99. The largest absolute Gasteiger partial charge is 0.389 e. The Bertz CT molecular complexity index is 513. The molecule has 1 amide bonds. The highest BCUT2D eigenvalue weighted by molar-refractivity contribution is 6.31. The maximum atomic E-state index is 12.1. The Hall–Kier alpha value is -1.10. The number of aliphatic hydroxyl groups is 1. The number of halogens is 1. The summed E-state index contributed by atoms with van der Waals surface area (Å²) in [6.45, 7) is 2.72. The van der Waals surface area contributed by atoms with Crippen LogP contribution in [0.1, 0.15) is 31.2 Å². The summed E-state index contributed by atoms with van der Waals surface area (Å²) in [6, 6.07) is 5.43. The topological polar surface area (TPSA) is 52.6 Å². The van der Waals surface area contributed by atoms with E-state index in [0.717, 1.165) is 36.9 Å². The van der Waals surface area contributed by atoms with E-state index in [1.807, 2.05) is 24.9 Å². The second kappa shape index (κ2) is 6.77. The van der Waals surface area contributed by atoms with E-state index in [1.165, 1.54) is 0 Å². The van der Waals surface area contributed by atoms with E-state index in [2.05, 4.69) is 5.32 Å². The van der Waals surface area contributed by atoms with Crippen LogP contribution in [-0.2, 0) is 4.79 Å². The molecule has 0 unspecified atom stereocenters. The lowest BCUT2D eigenvalue weighted by Gasteiger charge is -2.28. The number of carbonyl (C=O) groups is 1. The first kappa shape index (κ1) is 16.3. The van der Waals surface area contributed by atoms with E-state index < -0.39 is 5.60 Å². The van der Waals surface area contributed by atoms with Gasteiger partial charge in [-0.15, -0.1) is 0 Å². The van der Waals surface area contributed by atoms with Crippen molar-refractivity contribution in [3.8, 4) is 0 Å². The second-order valence-electron chi connectivity index (χ2n) is 6.11. The van der Waals surface area contributed by atoms with Crippen molar-refractivity contribution in [3.05, 3.63) is 28.8 Å². The number of hydrogen-bond acceptors (Lipinski definition) is 3. The zero-order valence-corrected chi connectivity index (χ0v) is 13.4. The van der Waals surface area contributed by atoms with Crippen LogP contribution in [0.5, 0.6) is 0 Å². The molecule has 1 aliphatic carbocycles. The summed E-state index contributed by atoms with van der Waals surface area (Å²) >= 11 is 5.94. The predicted octanol–water partition coefficient (Wildman–Crippen LogP) is 2.82. The zero-order chi connectivity index (χ0) is 15.5. The molecule has 0 spiro atoms. The summed E-state index contributed by atoms with van der Waals surface area (Å²) in [7, 11) is 1.86. The van der Waals surface area contributed by atoms with E-state index in [1.54, 1.807) is 12.1 Å². The van der Waals surface area contributed by atoms with Crippen molar-refractivity contribution >= 4 is 23.2 Å². The van der Waals surface area contributed by atoms with Crippen LogP contribution in [0.2, 0.25) is 5.02 Å². The standard InChI is InChI=1S/C16H23ClN2O2/c1-12-5-6-13(17)9-14(12)18-15(20)10-19(2)11-16(21)7-3-4-8-16/h5-6,9,21H,3-4,7-8,10-11H2,1-2H3,(H,18,20). The summed E-state index contributed by atoms with van der Waals surface area (Å²) in [4.78, 5) is 14.0. The molecule has 2 rings (SSSR count). The average Bonchev–Trinajstić information content (AvgIpc) is 2.79. The van der Waals surface area contributed by atoms with Crippen molar-refractivity contribution in [1.29, 1.82) is 0 Å². The first-order chi connectivity index (χ1) is 9.88. The monoisotopic (exact) mass is 310 g/mol. The van der Waals surface area contributed by atoms with Crippen molar-refractivity contribution in [2.45, 2.75) is 38.2 Å². The molecular formula is C16H23ClN2O2. The van der Waals surface area contributed by atoms with Crippen molar-refractivity contribution in [2.24, 2.45) is 0 Å². The Kier molecular flexibility index (Phi) is 5.25. The van der Waals surface area contributed by atoms with Gasteiger partial charge in [0, 0.05) is 17.3 Å². The summed E-state index contributed by atoms with van der Waals surface area (Å²) < 4.78 is 0. The SMILES string of the molecule is Cc1ccc(Cl)cc1NC(=O)CN(C)CC1(O)CCCC1. The molecule has 0 aromatic heterocycles. The van der Waals surface area contributed by atoms with E-state index in [4.69, 9.17) is 11.6 Å². The smallest absolute Gasteiger partial charge is 0.238 e. The molecule has 0 heterocycles. The summed E-state index contributed by atoms with van der Waals surface area (Å²) in [5.74, 6) is -0.0931. The van der Waals surface area contributed by atoms with Crippen molar-refractivity contribution in [1.82, 2.24) is 4.90 Å². The molecule has 0 aliphatic heterocycles. The first-order valence-corrected chi connectivity index (χ1v) is 7.73. The number of rotatable bonds is 5. The number of nitrogens with zero attached hydrogens (tertiary/aromatic N) is 1. The zero-order valence-electron chi connectivity index (χ0n) is 12.7. The van der Waals surface area contributed by atoms with Crippen molar-refractivity contribution in [2.75, 3.05) is 25.5 Å². The van der Waals surface area contributed by atoms with Gasteiger partial charge in [0.1, 0.15) is 0 Å². The third kappa shape index (κ3) is 4.70. The molecule has 1 aromatic carbocycles. The van der Waals surface area contributed by atoms with Crippen LogP contribution in [-0.4, -0.2) is 41.7 Å². The number of anilines is 1. The van der Waals surface area contributed by atoms with Crippen LogP contribution < -0.4 is 5.32 Å². The van der Waals surface area contributed by atoms with Gasteiger partial charge in [0.05, 0.1) is 12.1 Å². The van der Waals surface area contributed by atoms with E-state index in [-0.39, 0.29) is 12.5 Å². The minimum Gasteiger partial charge on any atom is -0.389 e. The first-order valence-electron chi connectivity index (χ1n) is 7.35. The Balaban J connectivity index is 1.87. The van der Waals surface area contributed by atoms with Gasteiger partial charge in [-0.2, -0.15) is 0 Å². The number of likely N-dealkylation sites (N-methyl/N-ethyl adjacent to an activating group) is 1. The molecule has 0 radical (unpaired) electrons. The molecule has 4 nitrogen and oxygen atoms in total. The average molecular weight is 311 g/mol. The summed E-state index contributed by atoms with van der Waals surface area (Å²) in [6.07, 6.45) is 3.79. The van der Waals surface area contributed by atoms with Gasteiger partial charge in [-0.05, 0) is 44.5 Å². The number of aryl methyl sites for hydroxylation is 1. The Morgan fingerprint density at radius 3 is 2.76 bits per heavy atom. The van der Waals surface area contributed by atoms with Gasteiger partial charge >= 0.3 is 0 Å². The fourth-order valence-electron chi connectivity index (χ4n) is 2.91. The lowest BCUT2D eigenvalue weighted by molar-refractivity contribution is -0.117. The molecule has 5 heteroatoms. The van der Waals surface area contributed by atoms with Crippen LogP contribution in [0.15, 0.2) is 18.2 Å². The van der Waals surface area contributed by atoms with Crippen LogP contribution in [0.3, 0.4) is 0 Å². The Labute approximate surface area is 131 Å². The fraction of sp³-hybridized carbons (Fsp3) is 0.562. The normalized spacial score (nSPS) is 17.2. The number of amides is 1. The Morgan fingerprint density at radius 2 is 2.10 bits per heavy atom.